The maximum absolute atomic E-state index is 5.60. The Morgan fingerprint density at radius 2 is 0.693 bits per heavy atom. The van der Waals surface area contributed by atoms with E-state index in [1.165, 1.54) is 43.3 Å². The number of hydrogen-bond acceptors (Lipinski definition) is 3. The van der Waals surface area contributed by atoms with Crippen molar-refractivity contribution in [1.29, 1.82) is 0 Å². The Labute approximate surface area is 430 Å². The molecule has 6 nitrogen and oxygen atoms in total. The highest BCUT2D eigenvalue weighted by atomic mass is 15.2. The standard InChI is InChI=1S/C69H42N6/c1-3-18-44(19-4-1)67-70-68(58-29-17-33-63-64(58)57-28-13-16-32-62(57)73(63)46-20-5-2-6-21-46)72-69(71-67)75-61-31-15-12-27-54(61)56-41-40-55-53-26-11-14-30-60(53)74(65(55)66(56)75)47-37-34-43(35-38-47)45-36-39-52-50-24-8-7-22-48(50)49-23-9-10-25-51(49)59(52)42-45/h1-42H. The van der Waals surface area contributed by atoms with Crippen molar-refractivity contribution in [3.05, 3.63) is 255 Å². The normalized spacial score (nSPS) is 12.0. The van der Waals surface area contributed by atoms with Crippen molar-refractivity contribution in [2.24, 2.45) is 0 Å². The molecule has 0 radical (unpaired) electrons. The highest BCUT2D eigenvalue weighted by molar-refractivity contribution is 6.26. The van der Waals surface area contributed by atoms with E-state index in [1.54, 1.807) is 0 Å². The van der Waals surface area contributed by atoms with Crippen LogP contribution in [0.1, 0.15) is 0 Å². The van der Waals surface area contributed by atoms with Crippen molar-refractivity contribution in [2.75, 3.05) is 0 Å². The Morgan fingerprint density at radius 1 is 0.240 bits per heavy atom. The smallest absolute Gasteiger partial charge is 0.238 e. The molecule has 75 heavy (non-hydrogen) atoms. The maximum atomic E-state index is 5.60. The van der Waals surface area contributed by atoms with E-state index in [2.05, 4.69) is 250 Å². The minimum Gasteiger partial charge on any atom is -0.309 e. The zero-order valence-corrected chi connectivity index (χ0v) is 40.4. The molecule has 0 saturated heterocycles. The summed E-state index contributed by atoms with van der Waals surface area (Å²) in [6.07, 6.45) is 0. The van der Waals surface area contributed by atoms with Crippen LogP contribution in [0, 0.1) is 0 Å². The van der Waals surface area contributed by atoms with Crippen LogP contribution in [0.3, 0.4) is 0 Å². The number of hydrogen-bond donors (Lipinski definition) is 0. The van der Waals surface area contributed by atoms with Crippen LogP contribution in [-0.2, 0) is 0 Å². The van der Waals surface area contributed by atoms with Gasteiger partial charge in [0, 0.05) is 54.8 Å². The molecule has 0 aliphatic rings. The Hall–Kier alpha value is -10.2. The number of aromatic nitrogens is 6. The molecule has 0 aliphatic carbocycles. The molecule has 0 unspecified atom stereocenters. The van der Waals surface area contributed by atoms with Crippen LogP contribution in [0.2, 0.25) is 0 Å². The zero-order valence-electron chi connectivity index (χ0n) is 40.4. The van der Waals surface area contributed by atoms with Gasteiger partial charge in [-0.25, -0.2) is 4.98 Å². The lowest BCUT2D eigenvalue weighted by Crippen LogP contribution is -2.07. The van der Waals surface area contributed by atoms with Crippen LogP contribution in [0.15, 0.2) is 255 Å². The zero-order chi connectivity index (χ0) is 49.1. The lowest BCUT2D eigenvalue weighted by Gasteiger charge is -2.14. The van der Waals surface area contributed by atoms with Crippen molar-refractivity contribution >= 4 is 97.7 Å². The first kappa shape index (κ1) is 41.4. The van der Waals surface area contributed by atoms with Gasteiger partial charge in [0.15, 0.2) is 11.6 Å². The SMILES string of the molecule is c1ccc(-c2nc(-c3cccc4c3c3ccccc3n4-c3ccccc3)nc(-n3c4ccccc4c4ccc5c6ccccc6n(-c6ccc(-c7ccc8c9ccccc9c9ccccc9c8c7)cc6)c5c43)n2)cc1. The molecule has 0 N–H and O–H groups in total. The van der Waals surface area contributed by atoms with Gasteiger partial charge in [0.05, 0.1) is 33.1 Å². The summed E-state index contributed by atoms with van der Waals surface area (Å²) in [6, 6.07) is 91.6. The Bertz CT molecular complexity index is 4950. The molecule has 4 aromatic heterocycles. The van der Waals surface area contributed by atoms with E-state index < -0.39 is 0 Å². The van der Waals surface area contributed by atoms with Gasteiger partial charge in [-0.2, -0.15) is 9.97 Å². The van der Waals surface area contributed by atoms with Crippen LogP contribution in [0.4, 0.5) is 0 Å². The fourth-order valence-corrected chi connectivity index (χ4v) is 12.2. The van der Waals surface area contributed by atoms with Crippen LogP contribution in [0.5, 0.6) is 0 Å². The third-order valence-corrected chi connectivity index (χ3v) is 15.5. The molecular weight excluding hydrogens is 913 g/mol. The second-order valence-electron chi connectivity index (χ2n) is 19.5. The molecule has 4 heterocycles. The lowest BCUT2D eigenvalue weighted by molar-refractivity contribution is 0.954. The van der Waals surface area contributed by atoms with E-state index in [0.29, 0.717) is 17.6 Å². The lowest BCUT2D eigenvalue weighted by atomic mass is 9.92. The van der Waals surface area contributed by atoms with E-state index in [1.807, 2.05) is 18.2 Å². The highest BCUT2D eigenvalue weighted by Crippen LogP contribution is 2.44. The number of nitrogens with zero attached hydrogens (tertiary/aromatic N) is 6. The monoisotopic (exact) mass is 954 g/mol. The molecule has 0 amide bonds. The summed E-state index contributed by atoms with van der Waals surface area (Å²) in [6.45, 7) is 0. The number of benzene rings is 12. The number of fused-ring (bicyclic) bond motifs is 16. The van der Waals surface area contributed by atoms with Gasteiger partial charge >= 0.3 is 0 Å². The molecule has 0 spiro atoms. The predicted octanol–water partition coefficient (Wildman–Crippen LogP) is 17.6. The van der Waals surface area contributed by atoms with Crippen molar-refractivity contribution in [1.82, 2.24) is 28.7 Å². The van der Waals surface area contributed by atoms with E-state index >= 15 is 0 Å². The molecule has 0 saturated carbocycles. The first-order valence-electron chi connectivity index (χ1n) is 25.5. The summed E-state index contributed by atoms with van der Waals surface area (Å²) in [4.78, 5) is 16.4. The second kappa shape index (κ2) is 16.2. The molecule has 0 bridgehead atoms. The Balaban J connectivity index is 0.941. The minimum absolute atomic E-state index is 0.546. The van der Waals surface area contributed by atoms with Gasteiger partial charge in [-0.05, 0) is 98.0 Å². The van der Waals surface area contributed by atoms with Crippen LogP contribution in [-0.4, -0.2) is 28.7 Å². The van der Waals surface area contributed by atoms with Gasteiger partial charge in [-0.3, -0.25) is 4.57 Å². The number of para-hydroxylation sites is 4. The third-order valence-electron chi connectivity index (χ3n) is 15.5. The van der Waals surface area contributed by atoms with Crippen LogP contribution >= 0.6 is 0 Å². The average Bonchev–Trinajstić information content (AvgIpc) is 4.22. The van der Waals surface area contributed by atoms with Gasteiger partial charge in [0.1, 0.15) is 0 Å². The fourth-order valence-electron chi connectivity index (χ4n) is 12.2. The van der Waals surface area contributed by atoms with Crippen LogP contribution in [0.25, 0.3) is 149 Å². The van der Waals surface area contributed by atoms with Crippen molar-refractivity contribution in [3.63, 3.8) is 0 Å². The first-order chi connectivity index (χ1) is 37.2. The van der Waals surface area contributed by atoms with E-state index in [4.69, 9.17) is 15.0 Å². The molecule has 0 fully saturated rings. The van der Waals surface area contributed by atoms with Crippen molar-refractivity contribution in [2.45, 2.75) is 0 Å². The van der Waals surface area contributed by atoms with Crippen LogP contribution < -0.4 is 0 Å². The van der Waals surface area contributed by atoms with Crippen molar-refractivity contribution in [3.8, 4) is 51.2 Å². The summed E-state index contributed by atoms with van der Waals surface area (Å²) < 4.78 is 7.06. The third kappa shape index (κ3) is 6.17. The van der Waals surface area contributed by atoms with Gasteiger partial charge in [0.25, 0.3) is 0 Å². The molecule has 12 aromatic carbocycles. The van der Waals surface area contributed by atoms with Gasteiger partial charge in [-0.1, -0.05) is 200 Å². The summed E-state index contributed by atoms with van der Waals surface area (Å²) in [7, 11) is 0. The highest BCUT2D eigenvalue weighted by Gasteiger charge is 2.25. The average molecular weight is 955 g/mol. The Morgan fingerprint density at radius 3 is 1.35 bits per heavy atom. The molecule has 6 heteroatoms. The van der Waals surface area contributed by atoms with E-state index in [0.717, 1.165) is 88.1 Å². The van der Waals surface area contributed by atoms with Crippen molar-refractivity contribution < 1.29 is 0 Å². The van der Waals surface area contributed by atoms with E-state index in [9.17, 15) is 0 Å². The maximum Gasteiger partial charge on any atom is 0.238 e. The van der Waals surface area contributed by atoms with Gasteiger partial charge < -0.3 is 9.13 Å². The summed E-state index contributed by atoms with van der Waals surface area (Å²) >= 11 is 0. The Kier molecular flexibility index (Phi) is 8.94. The molecule has 0 aliphatic heterocycles. The molecule has 16 aromatic rings. The second-order valence-corrected chi connectivity index (χ2v) is 19.5. The molecule has 16 rings (SSSR count). The topological polar surface area (TPSA) is 53.5 Å². The molecule has 0 atom stereocenters. The summed E-state index contributed by atoms with van der Waals surface area (Å²) in [5.74, 6) is 1.75. The minimum atomic E-state index is 0.546. The number of rotatable bonds is 6. The largest absolute Gasteiger partial charge is 0.309 e. The summed E-state index contributed by atoms with van der Waals surface area (Å²) in [5.41, 5.74) is 12.8. The fraction of sp³-hybridized carbons (Fsp3) is 0. The van der Waals surface area contributed by atoms with Gasteiger partial charge in [0.2, 0.25) is 5.95 Å². The molecule has 348 valence electrons. The quantitative estimate of drug-likeness (QED) is 0.156. The van der Waals surface area contributed by atoms with E-state index in [-0.39, 0.29) is 0 Å². The summed E-state index contributed by atoms with van der Waals surface area (Å²) in [5, 5.41) is 14.4. The van der Waals surface area contributed by atoms with Gasteiger partial charge in [-0.15, -0.1) is 0 Å². The predicted molar refractivity (Wildman–Crippen MR) is 312 cm³/mol. The first-order valence-corrected chi connectivity index (χ1v) is 25.5. The molecular formula is C69H42N6.